The molecule has 0 radical (unpaired) electrons. The van der Waals surface area contributed by atoms with E-state index in [-0.39, 0.29) is 12.5 Å². The first kappa shape index (κ1) is 22.8. The number of thioether (sulfide) groups is 2. The van der Waals surface area contributed by atoms with Gasteiger partial charge in [0.1, 0.15) is 10.8 Å². The van der Waals surface area contributed by atoms with Crippen LogP contribution >= 0.6 is 34.9 Å². The summed E-state index contributed by atoms with van der Waals surface area (Å²) in [5, 5.41) is 3.25. The van der Waals surface area contributed by atoms with Gasteiger partial charge in [-0.2, -0.15) is 0 Å². The summed E-state index contributed by atoms with van der Waals surface area (Å²) in [6.45, 7) is 1.76. The van der Waals surface area contributed by atoms with Gasteiger partial charge in [-0.1, -0.05) is 42.5 Å². The zero-order chi connectivity index (χ0) is 22.5. The van der Waals surface area contributed by atoms with E-state index in [1.165, 1.54) is 34.8 Å². The van der Waals surface area contributed by atoms with Crippen molar-refractivity contribution in [1.29, 1.82) is 0 Å². The zero-order valence-corrected chi connectivity index (χ0v) is 20.1. The summed E-state index contributed by atoms with van der Waals surface area (Å²) >= 11 is 5.28. The van der Waals surface area contributed by atoms with Crippen molar-refractivity contribution in [2.75, 3.05) is 23.4 Å². The highest BCUT2D eigenvalue weighted by Gasteiger charge is 2.23. The zero-order valence-electron chi connectivity index (χ0n) is 17.6. The highest BCUT2D eigenvalue weighted by atomic mass is 32.2. The van der Waals surface area contributed by atoms with Crippen molar-refractivity contribution in [2.45, 2.75) is 17.9 Å². The van der Waals surface area contributed by atoms with Gasteiger partial charge >= 0.3 is 0 Å². The fraction of sp³-hybridized carbons (Fsp3) is 0.250. The van der Waals surface area contributed by atoms with E-state index in [0.717, 1.165) is 16.0 Å². The molecule has 2 aromatic carbocycles. The lowest BCUT2D eigenvalue weighted by Crippen LogP contribution is -2.22. The van der Waals surface area contributed by atoms with Crippen molar-refractivity contribution < 1.29 is 14.3 Å². The first-order valence-electron chi connectivity index (χ1n) is 10.3. The van der Waals surface area contributed by atoms with Crippen molar-refractivity contribution in [3.8, 4) is 16.9 Å². The molecule has 0 unspecified atom stereocenters. The first-order valence-corrected chi connectivity index (χ1v) is 13.2. The monoisotopic (exact) mass is 484 g/mol. The molecule has 1 aliphatic rings. The molecule has 2 amide bonds. The van der Waals surface area contributed by atoms with E-state index in [9.17, 15) is 9.59 Å². The van der Waals surface area contributed by atoms with Crippen molar-refractivity contribution in [3.05, 3.63) is 70.6 Å². The third-order valence-corrected chi connectivity index (χ3v) is 9.03. The molecule has 1 fully saturated rings. The fourth-order valence-corrected chi connectivity index (χ4v) is 7.53. The average molecular weight is 485 g/mol. The maximum atomic E-state index is 12.5. The van der Waals surface area contributed by atoms with Crippen molar-refractivity contribution in [3.63, 3.8) is 0 Å². The molecular formula is C24H24N2O3S3. The van der Waals surface area contributed by atoms with Gasteiger partial charge in [-0.05, 0) is 48.1 Å². The van der Waals surface area contributed by atoms with Crippen LogP contribution in [0.25, 0.3) is 11.1 Å². The second-order valence-electron chi connectivity index (χ2n) is 7.30. The second-order valence-corrected chi connectivity index (χ2v) is 11.2. The Hall–Kier alpha value is -2.42. The number of nitrogens with one attached hydrogen (secondary N) is 1. The molecule has 32 heavy (non-hydrogen) atoms. The maximum Gasteiger partial charge on any atom is 0.262 e. The molecule has 0 atom stereocenters. The number of anilines is 1. The number of nitrogens with two attached hydrogens (primary N) is 1. The summed E-state index contributed by atoms with van der Waals surface area (Å²) in [6.07, 6.45) is 1.26. The number of carbonyl (C=O) groups is 2. The number of benzene rings is 2. The van der Waals surface area contributed by atoms with Crippen LogP contribution in [-0.4, -0.2) is 29.9 Å². The molecule has 1 aliphatic heterocycles. The molecule has 0 bridgehead atoms. The van der Waals surface area contributed by atoms with E-state index in [2.05, 4.69) is 17.4 Å². The number of hydrogen-bond acceptors (Lipinski definition) is 6. The summed E-state index contributed by atoms with van der Waals surface area (Å²) in [4.78, 5) is 25.7. The Morgan fingerprint density at radius 2 is 1.75 bits per heavy atom. The summed E-state index contributed by atoms with van der Waals surface area (Å²) in [6, 6.07) is 17.5. The Kier molecular flexibility index (Phi) is 7.44. The van der Waals surface area contributed by atoms with Gasteiger partial charge < -0.3 is 15.8 Å². The predicted molar refractivity (Wildman–Crippen MR) is 136 cm³/mol. The number of rotatable bonds is 7. The van der Waals surface area contributed by atoms with Crippen LogP contribution in [0.2, 0.25) is 0 Å². The molecule has 0 aliphatic carbocycles. The van der Waals surface area contributed by atoms with Crippen molar-refractivity contribution in [2.24, 2.45) is 5.73 Å². The first-order chi connectivity index (χ1) is 15.5. The molecule has 3 aromatic rings. The summed E-state index contributed by atoms with van der Waals surface area (Å²) in [7, 11) is 0. The number of hydrogen-bond donors (Lipinski definition) is 2. The van der Waals surface area contributed by atoms with Gasteiger partial charge in [0.2, 0.25) is 0 Å². The molecule has 1 saturated heterocycles. The van der Waals surface area contributed by atoms with E-state index >= 15 is 0 Å². The van der Waals surface area contributed by atoms with Crippen LogP contribution in [0.15, 0.2) is 54.6 Å². The van der Waals surface area contributed by atoms with Crippen LogP contribution in [0.5, 0.6) is 5.75 Å². The van der Waals surface area contributed by atoms with E-state index in [0.29, 0.717) is 20.9 Å². The van der Waals surface area contributed by atoms with Gasteiger partial charge in [0, 0.05) is 10.4 Å². The number of ether oxygens (including phenoxy) is 1. The maximum absolute atomic E-state index is 12.5. The number of aryl methyl sites for hydroxylation is 1. The molecule has 166 valence electrons. The van der Waals surface area contributed by atoms with Gasteiger partial charge in [-0.15, -0.1) is 34.9 Å². The van der Waals surface area contributed by atoms with Crippen LogP contribution in [0.3, 0.4) is 0 Å². The summed E-state index contributed by atoms with van der Waals surface area (Å²) in [5.74, 6) is 2.11. The third-order valence-electron chi connectivity index (χ3n) is 5.00. The smallest absolute Gasteiger partial charge is 0.262 e. The number of amides is 2. The molecule has 2 heterocycles. The molecule has 5 nitrogen and oxygen atoms in total. The summed E-state index contributed by atoms with van der Waals surface area (Å²) in [5.41, 5.74) is 8.91. The summed E-state index contributed by atoms with van der Waals surface area (Å²) < 4.78 is 6.13. The van der Waals surface area contributed by atoms with E-state index in [1.54, 1.807) is 0 Å². The lowest BCUT2D eigenvalue weighted by Gasteiger charge is -2.21. The van der Waals surface area contributed by atoms with Gasteiger partial charge in [0.25, 0.3) is 11.8 Å². The lowest BCUT2D eigenvalue weighted by molar-refractivity contribution is -0.118. The van der Waals surface area contributed by atoms with Crippen LogP contribution < -0.4 is 15.8 Å². The highest BCUT2D eigenvalue weighted by Crippen LogP contribution is 2.44. The lowest BCUT2D eigenvalue weighted by atomic mass is 10.0. The van der Waals surface area contributed by atoms with Crippen LogP contribution in [0.1, 0.15) is 31.8 Å². The number of carbonyl (C=O) groups excluding carboxylic acids is 2. The Morgan fingerprint density at radius 3 is 2.41 bits per heavy atom. The van der Waals surface area contributed by atoms with Gasteiger partial charge in [-0.3, -0.25) is 9.59 Å². The highest BCUT2D eigenvalue weighted by molar-refractivity contribution is 8.16. The van der Waals surface area contributed by atoms with E-state index < -0.39 is 5.91 Å². The Bertz CT molecular complexity index is 1090. The average Bonchev–Trinajstić information content (AvgIpc) is 3.15. The number of thiophene rings is 1. The van der Waals surface area contributed by atoms with E-state index in [1.807, 2.05) is 72.9 Å². The quantitative estimate of drug-likeness (QED) is 0.449. The standard InChI is InChI=1S/C24H24N2O3S3/c1-15-20(16-6-3-2-4-7-16)21(22(25)28)23(32-15)26-19(27)14-29-18-10-8-17(9-11-18)24-30-12-5-13-31-24/h2-4,6-11,24H,5,12-14H2,1H3,(H2,25,28)(H,26,27). The Balaban J connectivity index is 1.41. The molecule has 8 heteroatoms. The third kappa shape index (κ3) is 5.31. The topological polar surface area (TPSA) is 81.4 Å². The fourth-order valence-electron chi connectivity index (χ4n) is 3.53. The molecule has 0 saturated carbocycles. The van der Waals surface area contributed by atoms with E-state index in [4.69, 9.17) is 10.5 Å². The predicted octanol–water partition coefficient (Wildman–Crippen LogP) is 5.71. The van der Waals surface area contributed by atoms with Crippen LogP contribution in [-0.2, 0) is 4.79 Å². The van der Waals surface area contributed by atoms with Gasteiger partial charge in [-0.25, -0.2) is 0 Å². The van der Waals surface area contributed by atoms with Crippen molar-refractivity contribution in [1.82, 2.24) is 0 Å². The molecule has 0 spiro atoms. The van der Waals surface area contributed by atoms with Crippen molar-refractivity contribution >= 4 is 51.7 Å². The molecule has 1 aromatic heterocycles. The minimum atomic E-state index is -0.571. The Labute approximate surface area is 200 Å². The SMILES string of the molecule is Cc1sc(NC(=O)COc2ccc(C3SCCCS3)cc2)c(C(N)=O)c1-c1ccccc1. The van der Waals surface area contributed by atoms with Gasteiger partial charge in [0.15, 0.2) is 6.61 Å². The van der Waals surface area contributed by atoms with Gasteiger partial charge in [0.05, 0.1) is 10.1 Å². The number of primary amides is 1. The Morgan fingerprint density at radius 1 is 1.06 bits per heavy atom. The normalized spacial score (nSPS) is 14.2. The second kappa shape index (κ2) is 10.5. The minimum absolute atomic E-state index is 0.151. The van der Waals surface area contributed by atoms with Crippen LogP contribution in [0, 0.1) is 6.92 Å². The minimum Gasteiger partial charge on any atom is -0.484 e. The molecule has 4 rings (SSSR count). The largest absolute Gasteiger partial charge is 0.484 e. The van der Waals surface area contributed by atoms with Crippen LogP contribution in [0.4, 0.5) is 5.00 Å². The molecule has 3 N–H and O–H groups in total. The molecular weight excluding hydrogens is 460 g/mol.